The average molecular weight is 346 g/mol. The van der Waals surface area contributed by atoms with Gasteiger partial charge in [0.15, 0.2) is 0 Å². The number of carbonyl (C=O) groups excluding carboxylic acids is 2. The standard InChI is InChI=1S/C15H14N4O2S2/c20-13(18-19-14(21)12-9-16-5-6-17-12)10-1-3-11(4-2-10)15-22-7-8-23-15/h1-6,9,15H,7-8H2,(H,18,20)(H,19,21). The maximum Gasteiger partial charge on any atom is 0.289 e. The number of hydrazine groups is 1. The van der Waals surface area contributed by atoms with Crippen molar-refractivity contribution < 1.29 is 9.59 Å². The third-order valence-corrected chi connectivity index (χ3v) is 6.26. The van der Waals surface area contributed by atoms with Gasteiger partial charge in [0.05, 0.1) is 10.8 Å². The largest absolute Gasteiger partial charge is 0.289 e. The SMILES string of the molecule is O=C(NNC(=O)c1cnccn1)c1ccc(C2SCCS2)cc1. The fourth-order valence-electron chi connectivity index (χ4n) is 2.01. The van der Waals surface area contributed by atoms with Crippen LogP contribution in [0.3, 0.4) is 0 Å². The van der Waals surface area contributed by atoms with Gasteiger partial charge in [0.2, 0.25) is 0 Å². The van der Waals surface area contributed by atoms with E-state index in [2.05, 4.69) is 20.8 Å². The summed E-state index contributed by atoms with van der Waals surface area (Å²) in [6, 6.07) is 7.43. The summed E-state index contributed by atoms with van der Waals surface area (Å²) in [5, 5.41) is 0. The molecule has 23 heavy (non-hydrogen) atoms. The molecule has 0 unspecified atom stereocenters. The molecule has 0 bridgehead atoms. The molecule has 0 saturated carbocycles. The van der Waals surface area contributed by atoms with Gasteiger partial charge in [-0.15, -0.1) is 23.5 Å². The van der Waals surface area contributed by atoms with Crippen LogP contribution in [-0.2, 0) is 0 Å². The summed E-state index contributed by atoms with van der Waals surface area (Å²) in [6.07, 6.45) is 4.21. The second-order valence-corrected chi connectivity index (χ2v) is 7.42. The molecule has 0 atom stereocenters. The predicted octanol–water partition coefficient (Wildman–Crippen LogP) is 2.03. The molecular formula is C15H14N4O2S2. The van der Waals surface area contributed by atoms with E-state index in [1.165, 1.54) is 24.2 Å². The topological polar surface area (TPSA) is 84.0 Å². The Hall–Kier alpha value is -2.06. The molecule has 0 radical (unpaired) electrons. The van der Waals surface area contributed by atoms with Crippen LogP contribution in [0.15, 0.2) is 42.9 Å². The van der Waals surface area contributed by atoms with Crippen LogP contribution in [0.4, 0.5) is 0 Å². The Bertz CT molecular complexity index is 688. The molecule has 0 spiro atoms. The number of benzene rings is 1. The van der Waals surface area contributed by atoms with E-state index in [1.54, 1.807) is 12.1 Å². The van der Waals surface area contributed by atoms with Crippen molar-refractivity contribution in [3.63, 3.8) is 0 Å². The fourth-order valence-corrected chi connectivity index (χ4v) is 4.87. The van der Waals surface area contributed by atoms with Crippen LogP contribution in [-0.4, -0.2) is 33.3 Å². The first-order valence-corrected chi connectivity index (χ1v) is 9.03. The van der Waals surface area contributed by atoms with Gasteiger partial charge < -0.3 is 0 Å². The molecule has 1 saturated heterocycles. The van der Waals surface area contributed by atoms with Gasteiger partial charge in [-0.2, -0.15) is 0 Å². The second-order valence-electron chi connectivity index (χ2n) is 4.69. The maximum atomic E-state index is 12.0. The van der Waals surface area contributed by atoms with Gasteiger partial charge in [0.1, 0.15) is 5.69 Å². The molecule has 2 heterocycles. The van der Waals surface area contributed by atoms with Crippen molar-refractivity contribution in [2.75, 3.05) is 11.5 Å². The van der Waals surface area contributed by atoms with Crippen molar-refractivity contribution in [2.24, 2.45) is 0 Å². The van der Waals surface area contributed by atoms with E-state index in [0.717, 1.165) is 11.5 Å². The van der Waals surface area contributed by atoms with E-state index in [0.29, 0.717) is 10.1 Å². The first kappa shape index (κ1) is 15.8. The number of rotatable bonds is 3. The van der Waals surface area contributed by atoms with Crippen LogP contribution in [0.25, 0.3) is 0 Å². The van der Waals surface area contributed by atoms with Crippen molar-refractivity contribution in [1.29, 1.82) is 0 Å². The zero-order valence-corrected chi connectivity index (χ0v) is 13.7. The zero-order valence-electron chi connectivity index (χ0n) is 12.1. The van der Waals surface area contributed by atoms with Crippen molar-refractivity contribution in [3.05, 3.63) is 59.7 Å². The van der Waals surface area contributed by atoms with E-state index in [9.17, 15) is 9.59 Å². The van der Waals surface area contributed by atoms with Crippen LogP contribution in [0.1, 0.15) is 31.0 Å². The number of hydrogen-bond donors (Lipinski definition) is 2. The van der Waals surface area contributed by atoms with E-state index >= 15 is 0 Å². The minimum atomic E-state index is -0.512. The van der Waals surface area contributed by atoms with Gasteiger partial charge in [0.25, 0.3) is 11.8 Å². The highest BCUT2D eigenvalue weighted by Gasteiger charge is 2.18. The van der Waals surface area contributed by atoms with Crippen LogP contribution < -0.4 is 10.9 Å². The minimum Gasteiger partial charge on any atom is -0.267 e. The lowest BCUT2D eigenvalue weighted by molar-refractivity contribution is 0.0843. The fraction of sp³-hybridized carbons (Fsp3) is 0.200. The van der Waals surface area contributed by atoms with E-state index in [-0.39, 0.29) is 11.6 Å². The molecule has 8 heteroatoms. The molecule has 2 aromatic rings. The highest BCUT2D eigenvalue weighted by molar-refractivity contribution is 8.19. The summed E-state index contributed by atoms with van der Waals surface area (Å²) in [5.74, 6) is 1.43. The summed E-state index contributed by atoms with van der Waals surface area (Å²) >= 11 is 3.83. The molecule has 118 valence electrons. The highest BCUT2D eigenvalue weighted by atomic mass is 32.2. The van der Waals surface area contributed by atoms with Crippen LogP contribution in [0.5, 0.6) is 0 Å². The van der Waals surface area contributed by atoms with Crippen molar-refractivity contribution in [2.45, 2.75) is 4.58 Å². The van der Waals surface area contributed by atoms with Crippen molar-refractivity contribution in [3.8, 4) is 0 Å². The molecule has 0 aliphatic carbocycles. The predicted molar refractivity (Wildman–Crippen MR) is 91.1 cm³/mol. The number of thioether (sulfide) groups is 2. The average Bonchev–Trinajstić information content (AvgIpc) is 3.15. The lowest BCUT2D eigenvalue weighted by Gasteiger charge is -2.10. The summed E-state index contributed by atoms with van der Waals surface area (Å²) < 4.78 is 0.448. The molecule has 1 aliphatic heterocycles. The molecule has 2 amide bonds. The van der Waals surface area contributed by atoms with E-state index in [1.807, 2.05) is 35.7 Å². The first-order chi connectivity index (χ1) is 11.2. The second kappa shape index (κ2) is 7.47. The number of nitrogens with zero attached hydrogens (tertiary/aromatic N) is 2. The van der Waals surface area contributed by atoms with Crippen molar-refractivity contribution >= 4 is 35.3 Å². The molecule has 3 rings (SSSR count). The smallest absolute Gasteiger partial charge is 0.267 e. The van der Waals surface area contributed by atoms with Gasteiger partial charge in [-0.1, -0.05) is 12.1 Å². The lowest BCUT2D eigenvalue weighted by atomic mass is 10.1. The zero-order chi connectivity index (χ0) is 16.1. The van der Waals surface area contributed by atoms with Crippen LogP contribution in [0, 0.1) is 0 Å². The Kier molecular flexibility index (Phi) is 5.14. The summed E-state index contributed by atoms with van der Waals surface area (Å²) in [7, 11) is 0. The van der Waals surface area contributed by atoms with Gasteiger partial charge in [-0.05, 0) is 17.7 Å². The number of hydrogen-bond acceptors (Lipinski definition) is 6. The van der Waals surface area contributed by atoms with Crippen LogP contribution >= 0.6 is 23.5 Å². The third-order valence-electron chi connectivity index (χ3n) is 3.15. The maximum absolute atomic E-state index is 12.0. The van der Waals surface area contributed by atoms with Crippen LogP contribution in [0.2, 0.25) is 0 Å². The molecule has 1 fully saturated rings. The Balaban J connectivity index is 1.56. The highest BCUT2D eigenvalue weighted by Crippen LogP contribution is 2.45. The van der Waals surface area contributed by atoms with Gasteiger partial charge in [-0.3, -0.25) is 25.4 Å². The minimum absolute atomic E-state index is 0.137. The van der Waals surface area contributed by atoms with Gasteiger partial charge >= 0.3 is 0 Å². The normalized spacial score (nSPS) is 14.4. The monoisotopic (exact) mass is 346 g/mol. The van der Waals surface area contributed by atoms with Crippen molar-refractivity contribution in [1.82, 2.24) is 20.8 Å². The Morgan fingerprint density at radius 3 is 2.35 bits per heavy atom. The Morgan fingerprint density at radius 2 is 1.70 bits per heavy atom. The number of aromatic nitrogens is 2. The number of amides is 2. The molecule has 6 nitrogen and oxygen atoms in total. The lowest BCUT2D eigenvalue weighted by Crippen LogP contribution is -2.41. The van der Waals surface area contributed by atoms with E-state index in [4.69, 9.17) is 0 Å². The third kappa shape index (κ3) is 4.02. The van der Waals surface area contributed by atoms with Gasteiger partial charge in [-0.25, -0.2) is 4.98 Å². The number of carbonyl (C=O) groups is 2. The molecule has 1 aliphatic rings. The summed E-state index contributed by atoms with van der Waals surface area (Å²) in [6.45, 7) is 0. The molecule has 2 N–H and O–H groups in total. The number of nitrogens with one attached hydrogen (secondary N) is 2. The Labute approximate surface area is 141 Å². The van der Waals surface area contributed by atoms with E-state index < -0.39 is 5.91 Å². The summed E-state index contributed by atoms with van der Waals surface area (Å²) in [5.41, 5.74) is 6.52. The van der Waals surface area contributed by atoms with Gasteiger partial charge in [0, 0.05) is 29.5 Å². The first-order valence-electron chi connectivity index (χ1n) is 6.94. The Morgan fingerprint density at radius 1 is 1.00 bits per heavy atom. The molecule has 1 aromatic heterocycles. The summed E-state index contributed by atoms with van der Waals surface area (Å²) in [4.78, 5) is 31.5. The molecular weight excluding hydrogens is 332 g/mol. The molecule has 1 aromatic carbocycles. The quantitative estimate of drug-likeness (QED) is 0.828.